The van der Waals surface area contributed by atoms with Crippen LogP contribution in [0.3, 0.4) is 0 Å². The summed E-state index contributed by atoms with van der Waals surface area (Å²) < 4.78 is 60.5. The van der Waals surface area contributed by atoms with E-state index in [9.17, 15) is 22.4 Å². The Morgan fingerprint density at radius 3 is 2.45 bits per heavy atom. The SMILES string of the molecule is CCOC(=O)Nc1ccc(-c2nnc(N(C)c3ccc(F)cc3)n2C)c(C(F)(F)F)c1. The van der Waals surface area contributed by atoms with E-state index in [1.54, 1.807) is 18.9 Å². The molecule has 3 rings (SSSR count). The molecule has 0 atom stereocenters. The molecular formula is C20H19F4N5O2. The highest BCUT2D eigenvalue weighted by Crippen LogP contribution is 2.39. The average molecular weight is 437 g/mol. The van der Waals surface area contributed by atoms with Crippen LogP contribution in [0.25, 0.3) is 11.4 Å². The number of hydrogen-bond donors (Lipinski definition) is 1. The molecule has 1 aromatic heterocycles. The first kappa shape index (κ1) is 22.1. The van der Waals surface area contributed by atoms with Crippen LogP contribution in [0.5, 0.6) is 0 Å². The average Bonchev–Trinajstić information content (AvgIpc) is 3.08. The minimum atomic E-state index is -4.71. The van der Waals surface area contributed by atoms with E-state index in [1.807, 2.05) is 0 Å². The molecule has 1 heterocycles. The summed E-state index contributed by atoms with van der Waals surface area (Å²) in [6.45, 7) is 1.66. The molecule has 1 amide bonds. The van der Waals surface area contributed by atoms with Crippen molar-refractivity contribution in [2.24, 2.45) is 7.05 Å². The van der Waals surface area contributed by atoms with Gasteiger partial charge in [-0.1, -0.05) is 0 Å². The van der Waals surface area contributed by atoms with Crippen LogP contribution in [-0.4, -0.2) is 34.5 Å². The molecule has 1 N–H and O–H groups in total. The van der Waals surface area contributed by atoms with Gasteiger partial charge in [-0.2, -0.15) is 13.2 Å². The number of ether oxygens (including phenoxy) is 1. The molecule has 0 radical (unpaired) electrons. The number of carbonyl (C=O) groups excluding carboxylic acids is 1. The van der Waals surface area contributed by atoms with Crippen molar-refractivity contribution in [2.75, 3.05) is 23.9 Å². The van der Waals surface area contributed by atoms with Crippen molar-refractivity contribution in [3.8, 4) is 11.4 Å². The molecule has 2 aromatic carbocycles. The molecule has 0 aliphatic rings. The number of nitrogens with one attached hydrogen (secondary N) is 1. The Hall–Kier alpha value is -3.63. The van der Waals surface area contributed by atoms with Crippen molar-refractivity contribution >= 4 is 23.4 Å². The number of aromatic nitrogens is 3. The van der Waals surface area contributed by atoms with E-state index in [0.29, 0.717) is 5.69 Å². The van der Waals surface area contributed by atoms with E-state index < -0.39 is 23.7 Å². The molecule has 0 aliphatic heterocycles. The van der Waals surface area contributed by atoms with Crippen molar-refractivity contribution in [1.82, 2.24) is 14.8 Å². The fourth-order valence-electron chi connectivity index (χ4n) is 2.96. The zero-order chi connectivity index (χ0) is 22.8. The lowest BCUT2D eigenvalue weighted by Crippen LogP contribution is -2.16. The van der Waals surface area contributed by atoms with Crippen molar-refractivity contribution in [1.29, 1.82) is 0 Å². The number of alkyl halides is 3. The molecule has 7 nitrogen and oxygen atoms in total. The lowest BCUT2D eigenvalue weighted by molar-refractivity contribution is -0.137. The van der Waals surface area contributed by atoms with E-state index in [4.69, 9.17) is 4.74 Å². The predicted molar refractivity (Wildman–Crippen MR) is 107 cm³/mol. The highest BCUT2D eigenvalue weighted by molar-refractivity contribution is 5.85. The van der Waals surface area contributed by atoms with E-state index >= 15 is 0 Å². The van der Waals surface area contributed by atoms with Crippen LogP contribution in [0.15, 0.2) is 42.5 Å². The van der Waals surface area contributed by atoms with Crippen LogP contribution in [0.2, 0.25) is 0 Å². The van der Waals surface area contributed by atoms with Gasteiger partial charge in [0, 0.05) is 31.0 Å². The number of rotatable bonds is 5. The van der Waals surface area contributed by atoms with Gasteiger partial charge in [-0.05, 0) is 49.4 Å². The summed E-state index contributed by atoms with van der Waals surface area (Å²) in [5, 5.41) is 10.2. The lowest BCUT2D eigenvalue weighted by atomic mass is 10.1. The summed E-state index contributed by atoms with van der Waals surface area (Å²) in [7, 11) is 3.16. The smallest absolute Gasteiger partial charge is 0.417 e. The van der Waals surface area contributed by atoms with Gasteiger partial charge in [0.15, 0.2) is 5.82 Å². The van der Waals surface area contributed by atoms with Gasteiger partial charge in [0.2, 0.25) is 5.95 Å². The van der Waals surface area contributed by atoms with Gasteiger partial charge in [-0.3, -0.25) is 9.88 Å². The summed E-state index contributed by atoms with van der Waals surface area (Å²) >= 11 is 0. The largest absolute Gasteiger partial charge is 0.450 e. The highest BCUT2D eigenvalue weighted by Gasteiger charge is 2.35. The third-order valence-corrected chi connectivity index (χ3v) is 4.45. The number of nitrogens with zero attached hydrogens (tertiary/aromatic N) is 4. The van der Waals surface area contributed by atoms with E-state index in [2.05, 4.69) is 15.5 Å². The molecule has 3 aromatic rings. The maximum Gasteiger partial charge on any atom is 0.417 e. The number of anilines is 3. The maximum atomic E-state index is 13.8. The molecule has 0 fully saturated rings. The Bertz CT molecular complexity index is 1080. The Balaban J connectivity index is 2.00. The highest BCUT2D eigenvalue weighted by atomic mass is 19.4. The van der Waals surface area contributed by atoms with Crippen LogP contribution >= 0.6 is 0 Å². The lowest BCUT2D eigenvalue weighted by Gasteiger charge is -2.19. The second kappa shape index (κ2) is 8.62. The van der Waals surface area contributed by atoms with Gasteiger partial charge in [0.05, 0.1) is 12.2 Å². The molecule has 31 heavy (non-hydrogen) atoms. The Morgan fingerprint density at radius 1 is 1.16 bits per heavy atom. The summed E-state index contributed by atoms with van der Waals surface area (Å²) in [5.74, 6) is -0.190. The van der Waals surface area contributed by atoms with Gasteiger partial charge in [0.25, 0.3) is 0 Å². The number of halogens is 4. The second-order valence-electron chi connectivity index (χ2n) is 6.52. The Morgan fingerprint density at radius 2 is 1.84 bits per heavy atom. The summed E-state index contributed by atoms with van der Waals surface area (Å²) in [6.07, 6.45) is -5.57. The quantitative estimate of drug-likeness (QED) is 0.571. The van der Waals surface area contributed by atoms with Crippen LogP contribution in [-0.2, 0) is 18.0 Å². The topological polar surface area (TPSA) is 72.3 Å². The number of benzene rings is 2. The fraction of sp³-hybridized carbons (Fsp3) is 0.250. The third kappa shape index (κ3) is 4.76. The Kier molecular flexibility index (Phi) is 6.14. The fourth-order valence-corrected chi connectivity index (χ4v) is 2.96. The molecule has 0 unspecified atom stereocenters. The third-order valence-electron chi connectivity index (χ3n) is 4.45. The zero-order valence-corrected chi connectivity index (χ0v) is 16.9. The normalized spacial score (nSPS) is 11.3. The van der Waals surface area contributed by atoms with Crippen molar-refractivity contribution in [3.05, 3.63) is 53.8 Å². The van der Waals surface area contributed by atoms with Crippen molar-refractivity contribution in [3.63, 3.8) is 0 Å². The maximum absolute atomic E-state index is 13.8. The van der Waals surface area contributed by atoms with Gasteiger partial charge in [-0.25, -0.2) is 9.18 Å². The number of carbonyl (C=O) groups is 1. The molecule has 0 saturated heterocycles. The summed E-state index contributed by atoms with van der Waals surface area (Å²) in [6, 6.07) is 8.89. The van der Waals surface area contributed by atoms with Gasteiger partial charge < -0.3 is 9.64 Å². The molecule has 0 spiro atoms. The molecular weight excluding hydrogens is 418 g/mol. The van der Waals surface area contributed by atoms with E-state index in [-0.39, 0.29) is 29.6 Å². The molecule has 0 saturated carbocycles. The van der Waals surface area contributed by atoms with Crippen LogP contribution in [0.4, 0.5) is 39.7 Å². The molecule has 0 bridgehead atoms. The predicted octanol–water partition coefficient (Wildman–Crippen LogP) is 4.98. The van der Waals surface area contributed by atoms with Crippen molar-refractivity contribution < 1.29 is 27.1 Å². The minimum Gasteiger partial charge on any atom is -0.450 e. The molecule has 164 valence electrons. The summed E-state index contributed by atoms with van der Waals surface area (Å²) in [5.41, 5.74) is -0.697. The van der Waals surface area contributed by atoms with Gasteiger partial charge in [0.1, 0.15) is 5.82 Å². The first-order chi connectivity index (χ1) is 14.6. The van der Waals surface area contributed by atoms with E-state index in [0.717, 1.165) is 6.07 Å². The van der Waals surface area contributed by atoms with Crippen LogP contribution in [0, 0.1) is 5.82 Å². The molecule has 11 heteroatoms. The minimum absolute atomic E-state index is 0.0287. The van der Waals surface area contributed by atoms with Crippen LogP contribution < -0.4 is 10.2 Å². The summed E-state index contributed by atoms with van der Waals surface area (Å²) in [4.78, 5) is 13.1. The van der Waals surface area contributed by atoms with Gasteiger partial charge >= 0.3 is 12.3 Å². The van der Waals surface area contributed by atoms with Crippen LogP contribution in [0.1, 0.15) is 12.5 Å². The van der Waals surface area contributed by atoms with E-state index in [1.165, 1.54) is 48.0 Å². The zero-order valence-electron chi connectivity index (χ0n) is 16.9. The first-order valence-corrected chi connectivity index (χ1v) is 9.16. The monoisotopic (exact) mass is 437 g/mol. The first-order valence-electron chi connectivity index (χ1n) is 9.16. The second-order valence-corrected chi connectivity index (χ2v) is 6.52. The Labute approximate surface area is 175 Å². The van der Waals surface area contributed by atoms with Gasteiger partial charge in [-0.15, -0.1) is 10.2 Å². The van der Waals surface area contributed by atoms with Crippen molar-refractivity contribution in [2.45, 2.75) is 13.1 Å². The number of hydrogen-bond acceptors (Lipinski definition) is 5. The molecule has 0 aliphatic carbocycles. The standard InChI is InChI=1S/C20H19F4N5O2/c1-4-31-19(30)25-13-7-10-15(16(11-13)20(22,23)24)17-26-27-18(29(17)3)28(2)14-8-5-12(21)6-9-14/h5-11H,4H2,1-3H3,(H,25,30). The number of amides is 1.